The summed E-state index contributed by atoms with van der Waals surface area (Å²) < 4.78 is 40.3. The number of imidazole rings is 1. The smallest absolute Gasteiger partial charge is 0.386 e. The Hall–Kier alpha value is -3.71. The van der Waals surface area contributed by atoms with Crippen molar-refractivity contribution in [2.45, 2.75) is 32.4 Å². The minimum absolute atomic E-state index is 0. The van der Waals surface area contributed by atoms with Crippen molar-refractivity contribution in [3.05, 3.63) is 42.5 Å². The summed E-state index contributed by atoms with van der Waals surface area (Å²) in [5.74, 6) is 2.49. The average Bonchev–Trinajstić information content (AvgIpc) is 2.94. The van der Waals surface area contributed by atoms with E-state index in [9.17, 15) is 13.2 Å². The molecule has 1 aliphatic rings. The molecule has 0 bridgehead atoms. The van der Waals surface area contributed by atoms with E-state index in [-0.39, 0.29) is 0 Å². The van der Waals surface area contributed by atoms with Crippen molar-refractivity contribution >= 4 is 11.5 Å². The maximum absolute atomic E-state index is 13.0. The van der Waals surface area contributed by atoms with Crippen LogP contribution in [0.3, 0.4) is 0 Å². The van der Waals surface area contributed by atoms with Crippen molar-refractivity contribution in [3.8, 4) is 11.5 Å². The fourth-order valence-electron chi connectivity index (χ4n) is 3.26. The fraction of sp³-hybridized carbons (Fsp3) is 0.389. The Morgan fingerprint density at radius 3 is 2.71 bits per heavy atom. The molecular weight excluding hydrogens is 619 g/mol. The first-order valence-electron chi connectivity index (χ1n) is 8.72. The first-order chi connectivity index (χ1) is 12.9. The maximum atomic E-state index is 13.0. The van der Waals surface area contributed by atoms with Crippen LogP contribution in [0.15, 0.2) is 30.9 Å². The van der Waals surface area contributed by atoms with E-state index < -0.39 is 11.9 Å². The molecule has 0 unspecified atom stereocenters. The van der Waals surface area contributed by atoms with Crippen molar-refractivity contribution in [1.82, 2.24) is 24.3 Å². The van der Waals surface area contributed by atoms with Crippen LogP contribution in [-0.4, -0.2) is 37.4 Å². The van der Waals surface area contributed by atoms with Crippen molar-refractivity contribution in [2.75, 3.05) is 18.0 Å². The standard InChI is InChI=1S/C18H18F3N6.Lr/c1-12-4-2-3-7-26(10-12)15-5-6-22-17(25-15)13-8-24-16-9-23-14(11-27(13)16)18(19,20)21;/h5-6,8-9,11H,2-4,7,10H2,1H3;/q-1;. The van der Waals surface area contributed by atoms with Crippen LogP contribution < -0.4 is 4.90 Å². The first-order valence-corrected chi connectivity index (χ1v) is 8.72. The second-order valence-electron chi connectivity index (χ2n) is 6.72. The third kappa shape index (κ3) is 3.56. The van der Waals surface area contributed by atoms with Gasteiger partial charge in [-0.3, -0.25) is 10.3 Å². The normalized spacial score (nSPS) is 16.1. The van der Waals surface area contributed by atoms with Crippen LogP contribution in [0.4, 0.5) is 19.0 Å². The molecule has 0 saturated carbocycles. The van der Waals surface area contributed by atoms with Gasteiger partial charge >= 0.3 is 6.18 Å². The molecule has 28 heavy (non-hydrogen) atoms. The first kappa shape index (κ1) is 19.1. The molecule has 3 aromatic heterocycles. The van der Waals surface area contributed by atoms with Crippen LogP contribution in [0.5, 0.6) is 0 Å². The van der Waals surface area contributed by atoms with E-state index in [4.69, 9.17) is 0 Å². The molecule has 0 N–H and O–H groups in total. The summed E-state index contributed by atoms with van der Waals surface area (Å²) in [6, 6.07) is 1.83. The molecule has 0 atom stereocenters. The Morgan fingerprint density at radius 1 is 1.11 bits per heavy atom. The van der Waals surface area contributed by atoms with Gasteiger partial charge in [0, 0.05) is 18.9 Å². The molecule has 10 heteroatoms. The number of aromatic nitrogens is 5. The number of alkyl halides is 3. The Morgan fingerprint density at radius 2 is 1.93 bits per heavy atom. The van der Waals surface area contributed by atoms with Crippen LogP contribution in [-0.2, 0) is 6.18 Å². The van der Waals surface area contributed by atoms with Gasteiger partial charge in [0.25, 0.3) is 0 Å². The number of rotatable bonds is 2. The molecule has 1 radical (unpaired) electrons. The summed E-state index contributed by atoms with van der Waals surface area (Å²) in [4.78, 5) is 18.6. The third-order valence-electron chi connectivity index (χ3n) is 4.62. The number of halogens is 3. The van der Waals surface area contributed by atoms with Gasteiger partial charge in [0.15, 0.2) is 17.2 Å². The maximum Gasteiger partial charge on any atom is 0.434 e. The van der Waals surface area contributed by atoms with E-state index in [0.29, 0.717) is 17.2 Å². The fourth-order valence-corrected chi connectivity index (χ4v) is 3.26. The van der Waals surface area contributed by atoms with Crippen molar-refractivity contribution in [3.63, 3.8) is 0 Å². The second-order valence-corrected chi connectivity index (χ2v) is 6.72. The van der Waals surface area contributed by atoms with Crippen molar-refractivity contribution in [2.24, 2.45) is 0 Å². The van der Waals surface area contributed by atoms with Gasteiger partial charge in [0.05, 0.1) is 12.4 Å². The Kier molecular flexibility index (Phi) is 4.85. The summed E-state index contributed by atoms with van der Waals surface area (Å²) in [6.45, 7) is 3.85. The Balaban J connectivity index is 0.00000225. The van der Waals surface area contributed by atoms with Crippen molar-refractivity contribution in [1.29, 1.82) is 0 Å². The number of hydrogen-bond donors (Lipinski definition) is 0. The zero-order chi connectivity index (χ0) is 19.0. The molecule has 157 valence electrons. The molecule has 4 heterocycles. The van der Waals surface area contributed by atoms with Crippen LogP contribution >= 0.6 is 0 Å². The van der Waals surface area contributed by atoms with Gasteiger partial charge in [-0.1, -0.05) is 6.42 Å². The Labute approximate surface area is 154 Å². The molecule has 1 saturated heterocycles. The average molecular weight is 637 g/mol. The van der Waals surface area contributed by atoms with E-state index in [1.54, 1.807) is 6.20 Å². The second kappa shape index (κ2) is 7.13. The summed E-state index contributed by atoms with van der Waals surface area (Å²) >= 11 is 0. The van der Waals surface area contributed by atoms with E-state index in [2.05, 4.69) is 31.8 Å². The van der Waals surface area contributed by atoms with Gasteiger partial charge in [-0.05, 0) is 12.5 Å². The van der Waals surface area contributed by atoms with Crippen molar-refractivity contribution < 1.29 is 13.2 Å². The molecule has 1 aliphatic heterocycles. The van der Waals surface area contributed by atoms with Crippen LogP contribution in [0.25, 0.3) is 17.2 Å². The minimum atomic E-state index is -4.53. The van der Waals surface area contributed by atoms with Gasteiger partial charge in [-0.15, -0.1) is 6.54 Å². The summed E-state index contributed by atoms with van der Waals surface area (Å²) in [6.07, 6.45) is 3.93. The molecule has 0 aromatic carbocycles. The van der Waals surface area contributed by atoms with Crippen LogP contribution in [0.1, 0.15) is 31.9 Å². The predicted octanol–water partition coefficient (Wildman–Crippen LogP) is 3.79. The van der Waals surface area contributed by atoms with Gasteiger partial charge in [0.2, 0.25) is 0 Å². The summed E-state index contributed by atoms with van der Waals surface area (Å²) in [5.41, 5.74) is -0.274. The number of anilines is 1. The quantitative estimate of drug-likeness (QED) is 0.401. The Bertz CT molecular complexity index is 958. The molecular formula is C18H18F3LrN6-. The number of fused-ring (bicyclic) bond motifs is 1. The van der Waals surface area contributed by atoms with E-state index in [0.717, 1.165) is 50.6 Å². The number of hydrogen-bond acceptors (Lipinski definition) is 5. The molecule has 0 amide bonds. The topological polar surface area (TPSA) is 59.2 Å². The largest absolute Gasteiger partial charge is 0.434 e. The zero-order valence-electron chi connectivity index (χ0n) is 15.0. The van der Waals surface area contributed by atoms with E-state index in [1.807, 2.05) is 6.07 Å². The van der Waals surface area contributed by atoms with E-state index in [1.165, 1.54) is 16.5 Å². The van der Waals surface area contributed by atoms with Gasteiger partial charge in [-0.2, -0.15) is 26.5 Å². The third-order valence-corrected chi connectivity index (χ3v) is 4.62. The minimum Gasteiger partial charge on any atom is -0.386 e. The molecule has 6 nitrogen and oxygen atoms in total. The number of nitrogens with zero attached hydrogens (tertiary/aromatic N) is 6. The molecule has 3 aromatic rings. The van der Waals surface area contributed by atoms with Gasteiger partial charge in [-0.25, -0.2) is 19.9 Å². The molecule has 0 aliphatic carbocycles. The van der Waals surface area contributed by atoms with Gasteiger partial charge in [0.1, 0.15) is 11.5 Å². The van der Waals surface area contributed by atoms with Gasteiger partial charge < -0.3 is 4.90 Å². The zero-order valence-corrected chi connectivity index (χ0v) is 17.1. The predicted molar refractivity (Wildman–Crippen MR) is 94.0 cm³/mol. The summed E-state index contributed by atoms with van der Waals surface area (Å²) in [5, 5.41) is 0. The molecule has 4 rings (SSSR count). The monoisotopic (exact) mass is 637 g/mol. The SMILES string of the molecule is C[C-]1CCCCN(c2ccnc(-c3cnc4cnc(C(F)(F)F)cn34)n2)C1.[Lr]. The van der Waals surface area contributed by atoms with E-state index >= 15 is 0 Å². The van der Waals surface area contributed by atoms with Crippen LogP contribution in [0.2, 0.25) is 0 Å². The summed E-state index contributed by atoms with van der Waals surface area (Å²) in [7, 11) is 0. The molecule has 1 fully saturated rings. The molecule has 0 spiro atoms. The van der Waals surface area contributed by atoms with Crippen LogP contribution in [0, 0.1) is 5.92 Å².